The van der Waals surface area contributed by atoms with Crippen LogP contribution < -0.4 is 5.32 Å². The Morgan fingerprint density at radius 1 is 1.19 bits per heavy atom. The molecule has 0 radical (unpaired) electrons. The van der Waals surface area contributed by atoms with Crippen molar-refractivity contribution in [2.24, 2.45) is 5.92 Å². The van der Waals surface area contributed by atoms with Crippen LogP contribution >= 0.6 is 0 Å². The minimum absolute atomic E-state index is 0.217. The predicted molar refractivity (Wildman–Crippen MR) is 91.8 cm³/mol. The molecule has 1 unspecified atom stereocenters. The third-order valence-electron chi connectivity index (χ3n) is 5.06. The van der Waals surface area contributed by atoms with Gasteiger partial charge >= 0.3 is 0 Å². The minimum Gasteiger partial charge on any atom is -0.311 e. The van der Waals surface area contributed by atoms with E-state index < -0.39 is 0 Å². The normalized spacial score (nSPS) is 22.8. The topological polar surface area (TPSA) is 15.3 Å². The van der Waals surface area contributed by atoms with Gasteiger partial charge in [0.05, 0.1) is 0 Å². The summed E-state index contributed by atoms with van der Waals surface area (Å²) in [4.78, 5) is 2.67. The van der Waals surface area contributed by atoms with Crippen LogP contribution in [0.15, 0.2) is 12.1 Å². The maximum absolute atomic E-state index is 3.72. The van der Waals surface area contributed by atoms with Crippen molar-refractivity contribution in [1.82, 2.24) is 10.2 Å². The predicted octanol–water partition coefficient (Wildman–Crippen LogP) is 3.82. The van der Waals surface area contributed by atoms with E-state index in [9.17, 15) is 0 Å². The standard InChI is InChI=1S/C19H32N2/c1-13(2)18-11-21(19(6,7)12-20-18)10-17-15(4)8-14(3)9-16(17)5/h8-9,13,18,20H,10-12H2,1-7H3. The monoisotopic (exact) mass is 288 g/mol. The number of hydrogen-bond donors (Lipinski definition) is 1. The summed E-state index contributed by atoms with van der Waals surface area (Å²) >= 11 is 0. The minimum atomic E-state index is 0.217. The molecule has 1 aromatic carbocycles. The van der Waals surface area contributed by atoms with Crippen molar-refractivity contribution in [3.63, 3.8) is 0 Å². The van der Waals surface area contributed by atoms with E-state index in [1.165, 1.54) is 22.3 Å². The summed E-state index contributed by atoms with van der Waals surface area (Å²) < 4.78 is 0. The lowest BCUT2D eigenvalue weighted by molar-refractivity contribution is 0.0472. The van der Waals surface area contributed by atoms with E-state index in [1.54, 1.807) is 0 Å². The molecule has 1 atom stereocenters. The van der Waals surface area contributed by atoms with Crippen molar-refractivity contribution in [2.75, 3.05) is 13.1 Å². The molecule has 0 bridgehead atoms. The van der Waals surface area contributed by atoms with E-state index in [-0.39, 0.29) is 5.54 Å². The van der Waals surface area contributed by atoms with Gasteiger partial charge in [-0.15, -0.1) is 0 Å². The first kappa shape index (κ1) is 16.5. The molecule has 1 saturated heterocycles. The van der Waals surface area contributed by atoms with Crippen LogP contribution in [0, 0.1) is 26.7 Å². The second-order valence-corrected chi connectivity index (χ2v) is 7.80. The zero-order valence-corrected chi connectivity index (χ0v) is 14.9. The van der Waals surface area contributed by atoms with E-state index in [4.69, 9.17) is 0 Å². The molecule has 1 fully saturated rings. The summed E-state index contributed by atoms with van der Waals surface area (Å²) in [5.41, 5.74) is 5.96. The molecule has 2 nitrogen and oxygen atoms in total. The molecule has 1 heterocycles. The molecule has 1 aliphatic heterocycles. The molecular formula is C19H32N2. The van der Waals surface area contributed by atoms with Crippen molar-refractivity contribution in [3.05, 3.63) is 34.4 Å². The number of rotatable bonds is 3. The van der Waals surface area contributed by atoms with Gasteiger partial charge in [0.25, 0.3) is 0 Å². The third-order valence-corrected chi connectivity index (χ3v) is 5.06. The van der Waals surface area contributed by atoms with Gasteiger partial charge in [0.2, 0.25) is 0 Å². The summed E-state index contributed by atoms with van der Waals surface area (Å²) in [5, 5.41) is 3.72. The number of nitrogens with one attached hydrogen (secondary N) is 1. The van der Waals surface area contributed by atoms with Gasteiger partial charge in [0, 0.05) is 31.2 Å². The molecule has 0 amide bonds. The van der Waals surface area contributed by atoms with Gasteiger partial charge in [0.1, 0.15) is 0 Å². The quantitative estimate of drug-likeness (QED) is 0.909. The van der Waals surface area contributed by atoms with Crippen molar-refractivity contribution < 1.29 is 0 Å². The van der Waals surface area contributed by atoms with E-state index in [2.05, 4.69) is 70.8 Å². The number of benzene rings is 1. The van der Waals surface area contributed by atoms with Crippen molar-refractivity contribution in [3.8, 4) is 0 Å². The van der Waals surface area contributed by atoms with Gasteiger partial charge in [-0.2, -0.15) is 0 Å². The van der Waals surface area contributed by atoms with Crippen molar-refractivity contribution in [2.45, 2.75) is 66.6 Å². The van der Waals surface area contributed by atoms with Gasteiger partial charge in [-0.25, -0.2) is 0 Å². The summed E-state index contributed by atoms with van der Waals surface area (Å²) in [7, 11) is 0. The Morgan fingerprint density at radius 2 is 1.76 bits per heavy atom. The van der Waals surface area contributed by atoms with E-state index in [0.717, 1.165) is 19.6 Å². The average molecular weight is 288 g/mol. The van der Waals surface area contributed by atoms with Crippen LogP contribution in [-0.4, -0.2) is 29.6 Å². The van der Waals surface area contributed by atoms with Gasteiger partial charge in [-0.3, -0.25) is 4.90 Å². The molecular weight excluding hydrogens is 256 g/mol. The molecule has 2 rings (SSSR count). The molecule has 1 aromatic rings. The molecule has 1 N–H and O–H groups in total. The summed E-state index contributed by atoms with van der Waals surface area (Å²) in [6, 6.07) is 5.23. The highest BCUT2D eigenvalue weighted by Crippen LogP contribution is 2.26. The zero-order valence-electron chi connectivity index (χ0n) is 14.9. The van der Waals surface area contributed by atoms with Gasteiger partial charge in [-0.1, -0.05) is 31.5 Å². The van der Waals surface area contributed by atoms with E-state index in [1.807, 2.05) is 0 Å². The molecule has 21 heavy (non-hydrogen) atoms. The second kappa shape index (κ2) is 6.10. The lowest BCUT2D eigenvalue weighted by atomic mass is 9.91. The summed E-state index contributed by atoms with van der Waals surface area (Å²) in [6.45, 7) is 19.3. The van der Waals surface area contributed by atoms with E-state index >= 15 is 0 Å². The van der Waals surface area contributed by atoms with Gasteiger partial charge in [0.15, 0.2) is 0 Å². The maximum Gasteiger partial charge on any atom is 0.0281 e. The second-order valence-electron chi connectivity index (χ2n) is 7.80. The van der Waals surface area contributed by atoms with Gasteiger partial charge in [-0.05, 0) is 57.2 Å². The fourth-order valence-electron chi connectivity index (χ4n) is 3.42. The summed E-state index contributed by atoms with van der Waals surface area (Å²) in [5.74, 6) is 0.684. The van der Waals surface area contributed by atoms with Crippen LogP contribution in [0.3, 0.4) is 0 Å². The van der Waals surface area contributed by atoms with Crippen molar-refractivity contribution >= 4 is 0 Å². The zero-order chi connectivity index (χ0) is 15.8. The first-order valence-electron chi connectivity index (χ1n) is 8.26. The van der Waals surface area contributed by atoms with Crippen LogP contribution in [0.2, 0.25) is 0 Å². The number of hydrogen-bond acceptors (Lipinski definition) is 2. The average Bonchev–Trinajstić information content (AvgIpc) is 2.34. The molecule has 0 spiro atoms. The van der Waals surface area contributed by atoms with E-state index in [0.29, 0.717) is 12.0 Å². The van der Waals surface area contributed by atoms with Crippen LogP contribution in [0.4, 0.5) is 0 Å². The van der Waals surface area contributed by atoms with Crippen LogP contribution in [0.25, 0.3) is 0 Å². The Kier molecular flexibility index (Phi) is 4.79. The smallest absolute Gasteiger partial charge is 0.0281 e. The fourth-order valence-corrected chi connectivity index (χ4v) is 3.42. The summed E-state index contributed by atoms with van der Waals surface area (Å²) in [6.07, 6.45) is 0. The number of aryl methyl sites for hydroxylation is 3. The Balaban J connectivity index is 2.23. The highest BCUT2D eigenvalue weighted by Gasteiger charge is 2.35. The fraction of sp³-hybridized carbons (Fsp3) is 0.684. The van der Waals surface area contributed by atoms with Crippen LogP contribution in [0.1, 0.15) is 49.9 Å². The highest BCUT2D eigenvalue weighted by atomic mass is 15.3. The maximum atomic E-state index is 3.72. The molecule has 1 aliphatic rings. The third kappa shape index (κ3) is 3.67. The van der Waals surface area contributed by atoms with Crippen LogP contribution in [-0.2, 0) is 6.54 Å². The lowest BCUT2D eigenvalue weighted by Gasteiger charge is -2.47. The van der Waals surface area contributed by atoms with Gasteiger partial charge < -0.3 is 5.32 Å². The Bertz CT molecular complexity index is 479. The molecule has 0 aliphatic carbocycles. The molecule has 2 heteroatoms. The lowest BCUT2D eigenvalue weighted by Crippen LogP contribution is -2.62. The van der Waals surface area contributed by atoms with Crippen LogP contribution in [0.5, 0.6) is 0 Å². The molecule has 118 valence electrons. The Hall–Kier alpha value is -0.860. The largest absolute Gasteiger partial charge is 0.311 e. The SMILES string of the molecule is Cc1cc(C)c(CN2CC(C(C)C)NCC2(C)C)c(C)c1. The molecule has 0 saturated carbocycles. The Morgan fingerprint density at radius 3 is 2.29 bits per heavy atom. The molecule has 0 aromatic heterocycles. The number of piperazine rings is 1. The highest BCUT2D eigenvalue weighted by molar-refractivity contribution is 5.37. The van der Waals surface area contributed by atoms with Crippen molar-refractivity contribution in [1.29, 1.82) is 0 Å². The first-order chi connectivity index (χ1) is 9.70. The Labute approximate surface area is 130 Å². The number of nitrogens with zero attached hydrogens (tertiary/aromatic N) is 1. The first-order valence-corrected chi connectivity index (χ1v) is 8.26.